The molecule has 0 amide bonds. The third-order valence-electron chi connectivity index (χ3n) is 8.27. The Morgan fingerprint density at radius 2 is 1.97 bits per heavy atom. The van der Waals surface area contributed by atoms with E-state index in [1.807, 2.05) is 13.8 Å². The molecule has 2 fully saturated rings. The van der Waals surface area contributed by atoms with Gasteiger partial charge in [-0.2, -0.15) is 0 Å². The lowest BCUT2D eigenvalue weighted by atomic mass is 9.44. The van der Waals surface area contributed by atoms with Gasteiger partial charge in [0.25, 0.3) is 0 Å². The summed E-state index contributed by atoms with van der Waals surface area (Å²) in [6, 6.07) is 0. The van der Waals surface area contributed by atoms with E-state index in [1.54, 1.807) is 13.0 Å². The number of aliphatic hydroxyl groups excluding tert-OH is 2. The van der Waals surface area contributed by atoms with Gasteiger partial charge in [0.2, 0.25) is 0 Å². The molecule has 3 N–H and O–H groups in total. The summed E-state index contributed by atoms with van der Waals surface area (Å²) in [6.07, 6.45) is 6.45. The molecule has 0 aromatic heterocycles. The van der Waals surface area contributed by atoms with Crippen LogP contribution in [0.4, 0.5) is 0 Å². The molecule has 3 rings (SSSR count). The number of hydrogen-bond donors (Lipinski definition) is 3. The van der Waals surface area contributed by atoms with Crippen molar-refractivity contribution in [1.82, 2.24) is 0 Å². The normalized spacial score (nSPS) is 42.4. The zero-order valence-electron chi connectivity index (χ0n) is 19.4. The number of aliphatic hydroxyl groups is 3. The van der Waals surface area contributed by atoms with Crippen LogP contribution in [0, 0.1) is 22.7 Å². The van der Waals surface area contributed by atoms with Crippen LogP contribution in [0.2, 0.25) is 0 Å². The molecule has 170 valence electrons. The fourth-order valence-electron chi connectivity index (χ4n) is 7.21. The Kier molecular flexibility index (Phi) is 6.32. The first-order valence-electron chi connectivity index (χ1n) is 11.4. The summed E-state index contributed by atoms with van der Waals surface area (Å²) in [6.45, 7) is 12.4. The minimum atomic E-state index is -0.919. The van der Waals surface area contributed by atoms with Gasteiger partial charge in [-0.25, -0.2) is 4.79 Å². The van der Waals surface area contributed by atoms with Gasteiger partial charge in [-0.1, -0.05) is 38.8 Å². The van der Waals surface area contributed by atoms with E-state index < -0.39 is 29.9 Å². The zero-order valence-corrected chi connectivity index (χ0v) is 19.4. The van der Waals surface area contributed by atoms with Crippen LogP contribution in [0.5, 0.6) is 0 Å². The maximum absolute atomic E-state index is 11.4. The maximum atomic E-state index is 11.4. The molecule has 0 spiro atoms. The van der Waals surface area contributed by atoms with Crippen molar-refractivity contribution in [1.29, 1.82) is 0 Å². The number of cyclic esters (lactones) is 1. The maximum Gasteiger partial charge on any atom is 0.331 e. The molecule has 0 radical (unpaired) electrons. The van der Waals surface area contributed by atoms with Crippen LogP contribution in [-0.2, 0) is 9.53 Å². The van der Waals surface area contributed by atoms with E-state index in [-0.39, 0.29) is 22.7 Å². The van der Waals surface area contributed by atoms with E-state index >= 15 is 0 Å². The summed E-state index contributed by atoms with van der Waals surface area (Å²) >= 11 is 0. The topological polar surface area (TPSA) is 87.0 Å². The molecular formula is C25H40O5. The number of carbonyl (C=O) groups is 1. The van der Waals surface area contributed by atoms with E-state index in [9.17, 15) is 20.1 Å². The van der Waals surface area contributed by atoms with E-state index in [0.717, 1.165) is 43.3 Å². The number of hydrogen-bond acceptors (Lipinski definition) is 5. The fraction of sp³-hybridized carbons (Fsp3) is 0.800. The number of fused-ring (bicyclic) bond motifs is 1. The summed E-state index contributed by atoms with van der Waals surface area (Å²) in [4.78, 5) is 11.4. The smallest absolute Gasteiger partial charge is 0.331 e. The number of allylic oxidation sites excluding steroid dienone is 1. The predicted octanol–water partition coefficient (Wildman–Crippen LogP) is 3.91. The van der Waals surface area contributed by atoms with Crippen molar-refractivity contribution < 1.29 is 24.9 Å². The van der Waals surface area contributed by atoms with Gasteiger partial charge in [-0.3, -0.25) is 0 Å². The summed E-state index contributed by atoms with van der Waals surface area (Å²) in [5, 5.41) is 32.8. The number of carbonyl (C=O) groups excluding carboxylic acids is 1. The molecule has 5 nitrogen and oxygen atoms in total. The van der Waals surface area contributed by atoms with Gasteiger partial charge in [-0.05, 0) is 74.7 Å². The first-order valence-corrected chi connectivity index (χ1v) is 11.4. The highest BCUT2D eigenvalue weighted by Crippen LogP contribution is 2.63. The molecule has 3 aliphatic rings. The minimum absolute atomic E-state index is 0.0540. The summed E-state index contributed by atoms with van der Waals surface area (Å²) in [5.41, 5.74) is 0.772. The van der Waals surface area contributed by atoms with Gasteiger partial charge in [-0.15, -0.1) is 0 Å². The van der Waals surface area contributed by atoms with Crippen LogP contribution in [0.25, 0.3) is 0 Å². The highest BCUT2D eigenvalue weighted by atomic mass is 16.6. The number of rotatable bonds is 5. The van der Waals surface area contributed by atoms with Crippen molar-refractivity contribution in [3.63, 3.8) is 0 Å². The molecule has 0 aromatic carbocycles. The van der Waals surface area contributed by atoms with Gasteiger partial charge in [0.1, 0.15) is 6.10 Å². The van der Waals surface area contributed by atoms with Crippen molar-refractivity contribution >= 4 is 5.97 Å². The Morgan fingerprint density at radius 1 is 1.30 bits per heavy atom. The average molecular weight is 421 g/mol. The average Bonchev–Trinajstić information content (AvgIpc) is 2.90. The van der Waals surface area contributed by atoms with Gasteiger partial charge < -0.3 is 20.1 Å². The van der Waals surface area contributed by atoms with E-state index in [4.69, 9.17) is 4.74 Å². The second-order valence-electron chi connectivity index (χ2n) is 11.3. The third-order valence-corrected chi connectivity index (χ3v) is 8.27. The highest BCUT2D eigenvalue weighted by molar-refractivity contribution is 5.85. The summed E-state index contributed by atoms with van der Waals surface area (Å²) in [7, 11) is 0. The van der Waals surface area contributed by atoms with Gasteiger partial charge >= 0.3 is 5.97 Å². The molecular weight excluding hydrogens is 380 g/mol. The fourth-order valence-corrected chi connectivity index (χ4v) is 7.21. The zero-order chi connectivity index (χ0) is 22.5. The van der Waals surface area contributed by atoms with Crippen LogP contribution < -0.4 is 0 Å². The molecule has 2 saturated carbocycles. The van der Waals surface area contributed by atoms with E-state index in [2.05, 4.69) is 20.8 Å². The largest absolute Gasteiger partial charge is 0.452 e. The van der Waals surface area contributed by atoms with Gasteiger partial charge in [0, 0.05) is 12.5 Å². The van der Waals surface area contributed by atoms with Crippen LogP contribution in [-0.4, -0.2) is 45.2 Å². The molecule has 7 atom stereocenters. The molecule has 0 aromatic rings. The van der Waals surface area contributed by atoms with Crippen LogP contribution >= 0.6 is 0 Å². The Hall–Kier alpha value is -1.17. The molecule has 0 bridgehead atoms. The van der Waals surface area contributed by atoms with Crippen LogP contribution in [0.1, 0.15) is 80.1 Å². The summed E-state index contributed by atoms with van der Waals surface area (Å²) < 4.78 is 5.19. The highest BCUT2D eigenvalue weighted by Gasteiger charge is 2.60. The Labute approximate surface area is 181 Å². The second kappa shape index (κ2) is 8.07. The van der Waals surface area contributed by atoms with Gasteiger partial charge in [0.15, 0.2) is 6.10 Å². The molecule has 1 heterocycles. The Morgan fingerprint density at radius 3 is 2.57 bits per heavy atom. The van der Waals surface area contributed by atoms with Crippen molar-refractivity contribution in [3.05, 3.63) is 23.3 Å². The SMILES string of the molecule is CC(=CC(O)C1OC(=O)C=C1C)CCC1C(C)(O)CC(O)C2C(C)(C)CCCC21C. The lowest BCUT2D eigenvalue weighted by Crippen LogP contribution is -2.62. The van der Waals surface area contributed by atoms with Crippen molar-refractivity contribution in [2.75, 3.05) is 0 Å². The standard InChI is InChI=1S/C25H40O5/c1-15(12-17(26)21-16(2)13-20(28)30-21)8-9-19-24(5)11-7-10-23(3,4)22(24)18(27)14-25(19,6)29/h12-13,17-19,21-22,26-27,29H,7-11,14H2,1-6H3. The Bertz CT molecular complexity index is 734. The first kappa shape index (κ1) is 23.5. The Balaban J connectivity index is 1.75. The summed E-state index contributed by atoms with van der Waals surface area (Å²) in [5.74, 6) is -0.160. The second-order valence-corrected chi connectivity index (χ2v) is 11.3. The van der Waals surface area contributed by atoms with Crippen LogP contribution in [0.3, 0.4) is 0 Å². The quantitative estimate of drug-likeness (QED) is 0.464. The number of esters is 1. The van der Waals surface area contributed by atoms with E-state index in [1.165, 1.54) is 6.08 Å². The molecule has 5 heteroatoms. The number of ether oxygens (including phenoxy) is 1. The van der Waals surface area contributed by atoms with Crippen molar-refractivity contribution in [3.8, 4) is 0 Å². The van der Waals surface area contributed by atoms with Crippen molar-refractivity contribution in [2.24, 2.45) is 22.7 Å². The monoisotopic (exact) mass is 420 g/mol. The third kappa shape index (κ3) is 4.26. The predicted molar refractivity (Wildman–Crippen MR) is 117 cm³/mol. The van der Waals surface area contributed by atoms with E-state index in [0.29, 0.717) is 6.42 Å². The molecule has 1 aliphatic heterocycles. The molecule has 0 saturated heterocycles. The lowest BCUT2D eigenvalue weighted by Gasteiger charge is -2.63. The van der Waals surface area contributed by atoms with Gasteiger partial charge in [0.05, 0.1) is 11.7 Å². The first-order chi connectivity index (χ1) is 13.8. The molecule has 30 heavy (non-hydrogen) atoms. The van der Waals surface area contributed by atoms with Crippen LogP contribution in [0.15, 0.2) is 23.3 Å². The minimum Gasteiger partial charge on any atom is -0.452 e. The molecule has 7 unspecified atom stereocenters. The molecule has 2 aliphatic carbocycles. The lowest BCUT2D eigenvalue weighted by molar-refractivity contribution is -0.214. The van der Waals surface area contributed by atoms with Crippen molar-refractivity contribution in [2.45, 2.75) is 104 Å².